The van der Waals surface area contributed by atoms with E-state index in [2.05, 4.69) is 15.1 Å². The minimum absolute atomic E-state index is 0.186. The SMILES string of the molecule is Nc1cnccc1-c1nc(-c2ccc(O)cc2)no1. The normalized spacial score (nSPS) is 10.5. The third-order valence-electron chi connectivity index (χ3n) is 2.63. The minimum Gasteiger partial charge on any atom is -0.508 e. The van der Waals surface area contributed by atoms with Crippen molar-refractivity contribution in [3.63, 3.8) is 0 Å². The van der Waals surface area contributed by atoms with Gasteiger partial charge in [-0.3, -0.25) is 4.98 Å². The molecule has 0 saturated heterocycles. The van der Waals surface area contributed by atoms with E-state index in [1.165, 1.54) is 6.20 Å². The number of nitrogen functional groups attached to an aromatic ring is 1. The summed E-state index contributed by atoms with van der Waals surface area (Å²) in [6.45, 7) is 0. The summed E-state index contributed by atoms with van der Waals surface area (Å²) in [5.74, 6) is 0.958. The van der Waals surface area contributed by atoms with Crippen molar-refractivity contribution in [3.05, 3.63) is 42.7 Å². The molecule has 19 heavy (non-hydrogen) atoms. The number of phenols is 1. The lowest BCUT2D eigenvalue weighted by Crippen LogP contribution is -1.90. The van der Waals surface area contributed by atoms with Crippen molar-refractivity contribution in [2.45, 2.75) is 0 Å². The van der Waals surface area contributed by atoms with E-state index in [9.17, 15) is 5.11 Å². The van der Waals surface area contributed by atoms with Crippen LogP contribution < -0.4 is 5.73 Å². The molecule has 3 rings (SSSR count). The van der Waals surface area contributed by atoms with Crippen molar-refractivity contribution in [2.24, 2.45) is 0 Å². The molecule has 0 fully saturated rings. The fourth-order valence-corrected chi connectivity index (χ4v) is 1.66. The number of phenolic OH excluding ortho intramolecular Hbond substituents is 1. The van der Waals surface area contributed by atoms with Crippen molar-refractivity contribution in [3.8, 4) is 28.6 Å². The largest absolute Gasteiger partial charge is 0.508 e. The molecule has 0 aliphatic heterocycles. The first-order valence-electron chi connectivity index (χ1n) is 5.57. The Balaban J connectivity index is 2.00. The fourth-order valence-electron chi connectivity index (χ4n) is 1.66. The topological polar surface area (TPSA) is 98.1 Å². The average molecular weight is 254 g/mol. The predicted octanol–water partition coefficient (Wildman–Crippen LogP) is 2.09. The van der Waals surface area contributed by atoms with E-state index in [4.69, 9.17) is 10.3 Å². The average Bonchev–Trinajstić information content (AvgIpc) is 2.89. The van der Waals surface area contributed by atoms with Crippen molar-refractivity contribution in [2.75, 3.05) is 5.73 Å². The number of nitrogens with two attached hydrogens (primary N) is 1. The van der Waals surface area contributed by atoms with Crippen LogP contribution in [-0.4, -0.2) is 20.2 Å². The number of benzene rings is 1. The molecule has 1 aromatic carbocycles. The van der Waals surface area contributed by atoms with Crippen molar-refractivity contribution in [1.82, 2.24) is 15.1 Å². The highest BCUT2D eigenvalue weighted by Gasteiger charge is 2.12. The monoisotopic (exact) mass is 254 g/mol. The van der Waals surface area contributed by atoms with Gasteiger partial charge in [-0.25, -0.2) is 0 Å². The molecule has 2 aromatic heterocycles. The molecule has 0 spiro atoms. The number of aromatic hydroxyl groups is 1. The van der Waals surface area contributed by atoms with Crippen LogP contribution in [0, 0.1) is 0 Å². The Morgan fingerprint density at radius 2 is 1.89 bits per heavy atom. The van der Waals surface area contributed by atoms with Crippen LogP contribution in [0.15, 0.2) is 47.2 Å². The Kier molecular flexibility index (Phi) is 2.60. The van der Waals surface area contributed by atoms with Crippen LogP contribution in [0.2, 0.25) is 0 Å². The molecule has 0 amide bonds. The molecular weight excluding hydrogens is 244 g/mol. The van der Waals surface area contributed by atoms with Crippen LogP contribution in [0.3, 0.4) is 0 Å². The molecule has 2 heterocycles. The maximum absolute atomic E-state index is 9.24. The first kappa shape index (κ1) is 11.2. The summed E-state index contributed by atoms with van der Waals surface area (Å²) in [5.41, 5.74) is 7.67. The standard InChI is InChI=1S/C13H10N4O2/c14-11-7-15-6-5-10(11)13-16-12(17-19-13)8-1-3-9(18)4-2-8/h1-7,18H,14H2. The van der Waals surface area contributed by atoms with Gasteiger partial charge in [0.2, 0.25) is 5.82 Å². The lowest BCUT2D eigenvalue weighted by Gasteiger charge is -1.97. The lowest BCUT2D eigenvalue weighted by molar-refractivity contribution is 0.432. The molecule has 0 atom stereocenters. The van der Waals surface area contributed by atoms with E-state index in [0.717, 1.165) is 5.56 Å². The number of anilines is 1. The molecule has 3 aromatic rings. The van der Waals surface area contributed by atoms with Gasteiger partial charge in [-0.2, -0.15) is 4.98 Å². The van der Waals surface area contributed by atoms with Crippen LogP contribution in [0.1, 0.15) is 0 Å². The quantitative estimate of drug-likeness (QED) is 0.726. The van der Waals surface area contributed by atoms with E-state index in [0.29, 0.717) is 23.0 Å². The second-order valence-electron chi connectivity index (χ2n) is 3.93. The highest BCUT2D eigenvalue weighted by Crippen LogP contribution is 2.26. The Morgan fingerprint density at radius 3 is 2.63 bits per heavy atom. The van der Waals surface area contributed by atoms with Crippen LogP contribution in [-0.2, 0) is 0 Å². The smallest absolute Gasteiger partial charge is 0.260 e. The molecule has 0 aliphatic carbocycles. The maximum Gasteiger partial charge on any atom is 0.260 e. The fraction of sp³-hybridized carbons (Fsp3) is 0. The third kappa shape index (κ3) is 2.11. The molecule has 0 aliphatic rings. The van der Waals surface area contributed by atoms with Gasteiger partial charge >= 0.3 is 0 Å². The van der Waals surface area contributed by atoms with Crippen LogP contribution in [0.4, 0.5) is 5.69 Å². The molecule has 0 bridgehead atoms. The van der Waals surface area contributed by atoms with Crippen LogP contribution in [0.5, 0.6) is 5.75 Å². The number of hydrogen-bond acceptors (Lipinski definition) is 6. The molecule has 0 unspecified atom stereocenters. The summed E-state index contributed by atoms with van der Waals surface area (Å²) in [4.78, 5) is 8.18. The van der Waals surface area contributed by atoms with Gasteiger partial charge < -0.3 is 15.4 Å². The van der Waals surface area contributed by atoms with Gasteiger partial charge in [0.25, 0.3) is 5.89 Å². The molecular formula is C13H10N4O2. The van der Waals surface area contributed by atoms with Crippen LogP contribution >= 0.6 is 0 Å². The number of hydrogen-bond donors (Lipinski definition) is 2. The van der Waals surface area contributed by atoms with E-state index in [-0.39, 0.29) is 5.75 Å². The second kappa shape index (κ2) is 4.41. The maximum atomic E-state index is 9.24. The highest BCUT2D eigenvalue weighted by molar-refractivity contribution is 5.70. The Labute approximate surface area is 108 Å². The zero-order valence-corrected chi connectivity index (χ0v) is 9.82. The summed E-state index contributed by atoms with van der Waals surface area (Å²) in [6, 6.07) is 8.25. The molecule has 6 nitrogen and oxygen atoms in total. The first-order chi connectivity index (χ1) is 9.24. The Morgan fingerprint density at radius 1 is 1.11 bits per heavy atom. The van der Waals surface area contributed by atoms with E-state index in [1.807, 2.05) is 0 Å². The van der Waals surface area contributed by atoms with E-state index in [1.54, 1.807) is 36.5 Å². The molecule has 94 valence electrons. The third-order valence-corrected chi connectivity index (χ3v) is 2.63. The molecule has 0 saturated carbocycles. The predicted molar refractivity (Wildman–Crippen MR) is 69.0 cm³/mol. The molecule has 3 N–H and O–H groups in total. The van der Waals surface area contributed by atoms with E-state index < -0.39 is 0 Å². The number of nitrogens with zero attached hydrogens (tertiary/aromatic N) is 3. The Hall–Kier alpha value is -2.89. The van der Waals surface area contributed by atoms with Gasteiger partial charge in [0.05, 0.1) is 17.4 Å². The van der Waals surface area contributed by atoms with Gasteiger partial charge in [0, 0.05) is 11.8 Å². The number of pyridine rings is 1. The first-order valence-corrected chi connectivity index (χ1v) is 5.57. The van der Waals surface area contributed by atoms with Crippen molar-refractivity contribution < 1.29 is 9.63 Å². The number of aromatic nitrogens is 3. The summed E-state index contributed by atoms with van der Waals surface area (Å²) < 4.78 is 5.18. The van der Waals surface area contributed by atoms with Crippen molar-refractivity contribution in [1.29, 1.82) is 0 Å². The van der Waals surface area contributed by atoms with Gasteiger partial charge in [0.1, 0.15) is 5.75 Å². The molecule has 6 heteroatoms. The highest BCUT2D eigenvalue weighted by atomic mass is 16.5. The lowest BCUT2D eigenvalue weighted by atomic mass is 10.2. The zero-order chi connectivity index (χ0) is 13.2. The summed E-state index contributed by atoms with van der Waals surface area (Å²) in [5, 5.41) is 13.1. The summed E-state index contributed by atoms with van der Waals surface area (Å²) >= 11 is 0. The van der Waals surface area contributed by atoms with Crippen LogP contribution in [0.25, 0.3) is 22.8 Å². The van der Waals surface area contributed by atoms with Gasteiger partial charge in [-0.15, -0.1) is 0 Å². The van der Waals surface area contributed by atoms with Crippen molar-refractivity contribution >= 4 is 5.69 Å². The summed E-state index contributed by atoms with van der Waals surface area (Å²) in [6.07, 6.45) is 3.13. The minimum atomic E-state index is 0.186. The van der Waals surface area contributed by atoms with E-state index >= 15 is 0 Å². The summed E-state index contributed by atoms with van der Waals surface area (Å²) in [7, 11) is 0. The second-order valence-corrected chi connectivity index (χ2v) is 3.93. The molecule has 0 radical (unpaired) electrons. The number of rotatable bonds is 2. The Bertz CT molecular complexity index is 707. The van der Waals surface area contributed by atoms with Gasteiger partial charge in [0.15, 0.2) is 0 Å². The van der Waals surface area contributed by atoms with Gasteiger partial charge in [-0.05, 0) is 30.3 Å². The van der Waals surface area contributed by atoms with Gasteiger partial charge in [-0.1, -0.05) is 5.16 Å². The zero-order valence-electron chi connectivity index (χ0n) is 9.82.